The fourth-order valence-corrected chi connectivity index (χ4v) is 5.70. The summed E-state index contributed by atoms with van der Waals surface area (Å²) in [6.07, 6.45) is -1.95. The molecule has 2 heterocycles. The molecule has 0 aliphatic heterocycles. The number of nitrogens with one attached hydrogen (secondary N) is 2. The lowest BCUT2D eigenvalue weighted by Crippen LogP contribution is -2.34. The number of carbonyl (C=O) groups is 2. The lowest BCUT2D eigenvalue weighted by molar-refractivity contribution is -0.142. The minimum absolute atomic E-state index is 0.0553. The molecule has 4 aromatic rings. The van der Waals surface area contributed by atoms with Gasteiger partial charge in [0.1, 0.15) is 24.0 Å². The van der Waals surface area contributed by atoms with E-state index in [1.165, 1.54) is 25.4 Å². The molecule has 4 N–H and O–H groups in total. The van der Waals surface area contributed by atoms with Crippen LogP contribution in [0.2, 0.25) is 0 Å². The number of primary amides is 1. The maximum atomic E-state index is 14.4. The maximum Gasteiger partial charge on any atom is 0.435 e. The zero-order chi connectivity index (χ0) is 34.6. The van der Waals surface area contributed by atoms with Crippen LogP contribution in [0.25, 0.3) is 11.1 Å². The predicted octanol–water partition coefficient (Wildman–Crippen LogP) is 4.91. The topological polar surface area (TPSA) is 137 Å². The molecule has 0 fully saturated rings. The minimum Gasteiger partial charge on any atom is -0.383 e. The maximum absolute atomic E-state index is 14.4. The zero-order valence-corrected chi connectivity index (χ0v) is 25.6. The lowest BCUT2D eigenvalue weighted by atomic mass is 9.95. The fraction of sp³-hybridized carbons (Fsp3) is 0.344. The number of nitrogens with two attached hydrogens (primary N) is 1. The van der Waals surface area contributed by atoms with E-state index >= 15 is 0 Å². The first-order chi connectivity index (χ1) is 22.8. The van der Waals surface area contributed by atoms with E-state index in [-0.39, 0.29) is 59.9 Å². The molecule has 2 aromatic heterocycles. The molecule has 0 saturated carbocycles. The molecule has 5 rings (SSSR count). The minimum atomic E-state index is -4.71. The van der Waals surface area contributed by atoms with Gasteiger partial charge in [0.15, 0.2) is 5.69 Å². The van der Waals surface area contributed by atoms with Crippen molar-refractivity contribution in [1.82, 2.24) is 25.1 Å². The van der Waals surface area contributed by atoms with Crippen molar-refractivity contribution in [1.29, 1.82) is 0 Å². The number of hydrogen-bond acceptors (Lipinski definition) is 7. The Morgan fingerprint density at radius 3 is 2.48 bits per heavy atom. The van der Waals surface area contributed by atoms with E-state index < -0.39 is 59.3 Å². The Morgan fingerprint density at radius 2 is 1.79 bits per heavy atom. The highest BCUT2D eigenvalue weighted by molar-refractivity contribution is 5.94. The Labute approximate surface area is 270 Å². The van der Waals surface area contributed by atoms with Gasteiger partial charge in [-0.2, -0.15) is 18.3 Å². The Bertz CT molecular complexity index is 1810. The number of hydrogen-bond donors (Lipinski definition) is 3. The number of methoxy groups -OCH3 is 1. The summed E-state index contributed by atoms with van der Waals surface area (Å²) in [7, 11) is 1.49. The Morgan fingerprint density at radius 1 is 1.06 bits per heavy atom. The molecule has 254 valence electrons. The average molecular weight is 676 g/mol. The Hall–Kier alpha value is -4.99. The van der Waals surface area contributed by atoms with Crippen LogP contribution in [0.1, 0.15) is 57.5 Å². The standard InChI is InChI=1S/C32H31F6N7O3/c1-48-9-8-40-31-41-15-23(18-6-7-24(35)22(13-18)30(39)47)28(43-31)25(12-17-10-19(33)14-20(34)11-17)42-27(46)16-45-26-5-3-2-4-21(26)29(44-45)32(36,37)38/h6-7,10-11,13-15,25H,2-5,8-9,12,16H2,1H3,(H2,39,47)(H,42,46)(H,40,41,43). The van der Waals surface area contributed by atoms with Gasteiger partial charge in [0, 0.05) is 42.7 Å². The molecule has 48 heavy (non-hydrogen) atoms. The summed E-state index contributed by atoms with van der Waals surface area (Å²) in [5.41, 5.74) is 4.88. The van der Waals surface area contributed by atoms with Crippen molar-refractivity contribution < 1.29 is 40.7 Å². The second kappa shape index (κ2) is 14.4. The zero-order valence-electron chi connectivity index (χ0n) is 25.6. The van der Waals surface area contributed by atoms with Gasteiger partial charge in [-0.05, 0) is 67.5 Å². The van der Waals surface area contributed by atoms with Crippen LogP contribution in [0.4, 0.5) is 32.3 Å². The van der Waals surface area contributed by atoms with Crippen molar-refractivity contribution in [3.05, 3.63) is 93.8 Å². The largest absolute Gasteiger partial charge is 0.435 e. The molecular weight excluding hydrogens is 644 g/mol. The van der Waals surface area contributed by atoms with Gasteiger partial charge in [-0.25, -0.2) is 23.1 Å². The molecule has 1 aliphatic rings. The van der Waals surface area contributed by atoms with Crippen LogP contribution >= 0.6 is 0 Å². The molecule has 2 amide bonds. The fourth-order valence-electron chi connectivity index (χ4n) is 5.70. The molecule has 16 heteroatoms. The van der Waals surface area contributed by atoms with E-state index in [1.54, 1.807) is 0 Å². The number of rotatable bonds is 12. The number of anilines is 1. The molecule has 1 atom stereocenters. The summed E-state index contributed by atoms with van der Waals surface area (Å²) in [5, 5.41) is 9.44. The number of halogens is 6. The number of ether oxygens (including phenoxy) is 1. The first-order valence-corrected chi connectivity index (χ1v) is 14.9. The second-order valence-electron chi connectivity index (χ2n) is 11.2. The molecule has 0 spiro atoms. The smallest absolute Gasteiger partial charge is 0.383 e. The molecule has 1 aliphatic carbocycles. The summed E-state index contributed by atoms with van der Waals surface area (Å²) in [5.74, 6) is -4.39. The van der Waals surface area contributed by atoms with Crippen LogP contribution in [-0.2, 0) is 41.5 Å². The van der Waals surface area contributed by atoms with E-state index in [1.807, 2.05) is 0 Å². The van der Waals surface area contributed by atoms with Gasteiger partial charge >= 0.3 is 6.18 Å². The van der Waals surface area contributed by atoms with Crippen molar-refractivity contribution in [3.8, 4) is 11.1 Å². The molecule has 0 bridgehead atoms. The third-order valence-electron chi connectivity index (χ3n) is 7.80. The van der Waals surface area contributed by atoms with Crippen LogP contribution in [0.5, 0.6) is 0 Å². The lowest BCUT2D eigenvalue weighted by Gasteiger charge is -2.23. The highest BCUT2D eigenvalue weighted by atomic mass is 19.4. The van der Waals surface area contributed by atoms with E-state index in [0.717, 1.165) is 22.9 Å². The average Bonchev–Trinajstić information content (AvgIpc) is 3.39. The number of benzene rings is 2. The van der Waals surface area contributed by atoms with E-state index in [9.17, 15) is 35.9 Å². The molecule has 1 unspecified atom stereocenters. The Balaban J connectivity index is 1.58. The van der Waals surface area contributed by atoms with Crippen molar-refractivity contribution in [2.24, 2.45) is 5.73 Å². The highest BCUT2D eigenvalue weighted by Crippen LogP contribution is 2.36. The molecular formula is C32H31F6N7O3. The quantitative estimate of drug-likeness (QED) is 0.143. The van der Waals surface area contributed by atoms with Crippen LogP contribution in [0, 0.1) is 17.5 Å². The van der Waals surface area contributed by atoms with Crippen molar-refractivity contribution in [3.63, 3.8) is 0 Å². The first kappa shape index (κ1) is 34.3. The SMILES string of the molecule is COCCNc1ncc(-c2ccc(F)c(C(N)=O)c2)c(C(Cc2cc(F)cc(F)c2)NC(=O)Cn2nc(C(F)(F)F)c3c2CCCC3)n1. The van der Waals surface area contributed by atoms with Crippen LogP contribution in [0.3, 0.4) is 0 Å². The molecule has 0 radical (unpaired) electrons. The summed E-state index contributed by atoms with van der Waals surface area (Å²) >= 11 is 0. The van der Waals surface area contributed by atoms with Crippen molar-refractivity contribution in [2.75, 3.05) is 25.6 Å². The van der Waals surface area contributed by atoms with E-state index in [2.05, 4.69) is 25.7 Å². The van der Waals surface area contributed by atoms with Crippen LogP contribution in [0.15, 0.2) is 42.6 Å². The number of fused-ring (bicyclic) bond motifs is 1. The number of carbonyl (C=O) groups excluding carboxylic acids is 2. The third kappa shape index (κ3) is 7.93. The summed E-state index contributed by atoms with van der Waals surface area (Å²) in [4.78, 5) is 34.4. The normalized spacial score (nSPS) is 13.6. The third-order valence-corrected chi connectivity index (χ3v) is 7.80. The van der Waals surface area contributed by atoms with Gasteiger partial charge in [0.25, 0.3) is 5.91 Å². The van der Waals surface area contributed by atoms with Gasteiger partial charge in [-0.3, -0.25) is 14.3 Å². The summed E-state index contributed by atoms with van der Waals surface area (Å²) in [6.45, 7) is -0.0406. The number of amides is 2. The highest BCUT2D eigenvalue weighted by Gasteiger charge is 2.39. The molecule has 0 saturated heterocycles. The number of aromatic nitrogens is 4. The Kier molecular flexibility index (Phi) is 10.3. The van der Waals surface area contributed by atoms with Gasteiger partial charge in [-0.15, -0.1) is 0 Å². The summed E-state index contributed by atoms with van der Waals surface area (Å²) in [6, 6.07) is 5.14. The summed E-state index contributed by atoms with van der Waals surface area (Å²) < 4.78 is 90.4. The monoisotopic (exact) mass is 675 g/mol. The van der Waals surface area contributed by atoms with E-state index in [4.69, 9.17) is 10.5 Å². The number of nitrogens with zero attached hydrogens (tertiary/aromatic N) is 4. The van der Waals surface area contributed by atoms with Crippen LogP contribution in [-0.4, -0.2) is 51.8 Å². The number of alkyl halides is 3. The first-order valence-electron chi connectivity index (χ1n) is 14.9. The van der Waals surface area contributed by atoms with Crippen molar-refractivity contribution in [2.45, 2.75) is 50.9 Å². The van der Waals surface area contributed by atoms with Crippen molar-refractivity contribution >= 4 is 17.8 Å². The van der Waals surface area contributed by atoms with Crippen LogP contribution < -0.4 is 16.4 Å². The second-order valence-corrected chi connectivity index (χ2v) is 11.2. The van der Waals surface area contributed by atoms with Gasteiger partial charge in [0.05, 0.1) is 23.9 Å². The molecule has 2 aromatic carbocycles. The predicted molar refractivity (Wildman–Crippen MR) is 161 cm³/mol. The van der Waals surface area contributed by atoms with Gasteiger partial charge in [0.2, 0.25) is 11.9 Å². The van der Waals surface area contributed by atoms with E-state index in [0.29, 0.717) is 31.0 Å². The molecule has 10 nitrogen and oxygen atoms in total. The van der Waals surface area contributed by atoms with Gasteiger partial charge in [-0.1, -0.05) is 6.07 Å². The van der Waals surface area contributed by atoms with Gasteiger partial charge < -0.3 is 21.1 Å².